The number of rotatable bonds is 5. The van der Waals surface area contributed by atoms with Crippen molar-refractivity contribution in [1.29, 1.82) is 0 Å². The van der Waals surface area contributed by atoms with Gasteiger partial charge in [-0.3, -0.25) is 0 Å². The molecule has 26 heavy (non-hydrogen) atoms. The number of hydrogen-bond donors (Lipinski definition) is 2. The Hall–Kier alpha value is -1.42. The maximum absolute atomic E-state index is 12.1. The lowest BCUT2D eigenvalue weighted by Crippen LogP contribution is -2.30. The van der Waals surface area contributed by atoms with Crippen molar-refractivity contribution in [2.75, 3.05) is 31.3 Å². The van der Waals surface area contributed by atoms with Crippen molar-refractivity contribution in [2.45, 2.75) is 30.2 Å². The number of nitrogens with one attached hydrogen (secondary N) is 2. The smallest absolute Gasteiger partial charge is 0.225 e. The minimum absolute atomic E-state index is 0. The van der Waals surface area contributed by atoms with E-state index in [9.17, 15) is 8.42 Å². The molecule has 1 fully saturated rings. The number of aromatic nitrogens is 4. The number of aromatic amines is 1. The normalized spacial score (nSPS) is 17.1. The van der Waals surface area contributed by atoms with Gasteiger partial charge in [0.15, 0.2) is 9.84 Å². The summed E-state index contributed by atoms with van der Waals surface area (Å²) in [6.45, 7) is 2.22. The number of imidazole rings is 1. The average Bonchev–Trinajstić information content (AvgIpc) is 3.07. The fourth-order valence-corrected chi connectivity index (χ4v) is 3.74. The van der Waals surface area contributed by atoms with Crippen LogP contribution in [0.25, 0.3) is 0 Å². The van der Waals surface area contributed by atoms with Gasteiger partial charge in [-0.05, 0) is 19.4 Å². The number of hydrogen-bond acceptors (Lipinski definition) is 7. The summed E-state index contributed by atoms with van der Waals surface area (Å²) >= 11 is 0. The third kappa shape index (κ3) is 5.29. The Kier molecular flexibility index (Phi) is 8.26. The van der Waals surface area contributed by atoms with Gasteiger partial charge in [0.05, 0.1) is 18.4 Å². The fourth-order valence-electron chi connectivity index (χ4n) is 2.90. The molecule has 0 spiro atoms. The number of anilines is 1. The highest BCUT2D eigenvalue weighted by Crippen LogP contribution is 2.28. The van der Waals surface area contributed by atoms with Crippen LogP contribution in [0.15, 0.2) is 23.5 Å². The maximum Gasteiger partial charge on any atom is 0.225 e. The zero-order valence-electron chi connectivity index (χ0n) is 14.7. The number of nitrogens with zero attached hydrogens (tertiary/aromatic N) is 4. The first-order chi connectivity index (χ1) is 11.4. The molecule has 2 N–H and O–H groups in total. The van der Waals surface area contributed by atoms with Gasteiger partial charge >= 0.3 is 0 Å². The van der Waals surface area contributed by atoms with Gasteiger partial charge in [-0.1, -0.05) is 0 Å². The topological polar surface area (TPSA) is 104 Å². The predicted molar refractivity (Wildman–Crippen MR) is 105 cm³/mol. The number of sulfone groups is 1. The molecule has 1 aliphatic heterocycles. The molecule has 3 rings (SSSR count). The van der Waals surface area contributed by atoms with Crippen LogP contribution in [0.5, 0.6) is 0 Å². The minimum Gasteiger partial charge on any atom is -0.347 e. The van der Waals surface area contributed by atoms with Crippen LogP contribution >= 0.6 is 24.8 Å². The second-order valence-corrected chi connectivity index (χ2v) is 8.11. The molecule has 1 unspecified atom stereocenters. The van der Waals surface area contributed by atoms with E-state index >= 15 is 0 Å². The van der Waals surface area contributed by atoms with E-state index < -0.39 is 9.84 Å². The lowest BCUT2D eigenvalue weighted by molar-refractivity contribution is 0.447. The van der Waals surface area contributed by atoms with Gasteiger partial charge in [0.25, 0.3) is 0 Å². The molecule has 11 heteroatoms. The van der Waals surface area contributed by atoms with Crippen LogP contribution in [0.4, 0.5) is 5.95 Å². The number of halogens is 2. The summed E-state index contributed by atoms with van der Waals surface area (Å²) in [6.07, 6.45) is 8.02. The summed E-state index contributed by atoms with van der Waals surface area (Å²) in [4.78, 5) is 18.2. The standard InChI is InChI=1S/C15H22N6O2S.2ClH/c1-21(10-13-17-6-7-18-13)15-19-9-12(24(2,22)23)14(20-15)11-4-3-5-16-8-11;;/h6-7,9,11,16H,3-5,8,10H2,1-2H3,(H,17,18);2*1H. The van der Waals surface area contributed by atoms with Crippen LogP contribution in [0, 0.1) is 0 Å². The Labute approximate surface area is 166 Å². The van der Waals surface area contributed by atoms with Crippen molar-refractivity contribution in [3.05, 3.63) is 30.1 Å². The largest absolute Gasteiger partial charge is 0.347 e. The monoisotopic (exact) mass is 422 g/mol. The Morgan fingerprint density at radius 2 is 2.08 bits per heavy atom. The summed E-state index contributed by atoms with van der Waals surface area (Å²) < 4.78 is 24.2. The molecule has 1 aliphatic rings. The molecule has 1 saturated heterocycles. The summed E-state index contributed by atoms with van der Waals surface area (Å²) in [5.74, 6) is 1.38. The summed E-state index contributed by atoms with van der Waals surface area (Å²) in [5.41, 5.74) is 0.612. The molecule has 2 aromatic rings. The Morgan fingerprint density at radius 1 is 1.31 bits per heavy atom. The molecule has 146 valence electrons. The Balaban J connectivity index is 0.00000169. The zero-order valence-corrected chi connectivity index (χ0v) is 17.1. The first-order valence-electron chi connectivity index (χ1n) is 7.92. The van der Waals surface area contributed by atoms with Crippen molar-refractivity contribution in [3.8, 4) is 0 Å². The highest BCUT2D eigenvalue weighted by atomic mass is 35.5. The second kappa shape index (κ2) is 9.50. The van der Waals surface area contributed by atoms with Gasteiger partial charge < -0.3 is 15.2 Å². The lowest BCUT2D eigenvalue weighted by Gasteiger charge is -2.25. The molecule has 0 radical (unpaired) electrons. The second-order valence-electron chi connectivity index (χ2n) is 6.13. The van der Waals surface area contributed by atoms with Crippen molar-refractivity contribution in [2.24, 2.45) is 0 Å². The van der Waals surface area contributed by atoms with E-state index in [4.69, 9.17) is 0 Å². The molecule has 0 aliphatic carbocycles. The number of piperidine rings is 1. The average molecular weight is 423 g/mol. The lowest BCUT2D eigenvalue weighted by atomic mass is 9.96. The van der Waals surface area contributed by atoms with Crippen LogP contribution in [-0.2, 0) is 16.4 Å². The number of H-pyrrole nitrogens is 1. The minimum atomic E-state index is -3.37. The molecule has 8 nitrogen and oxygen atoms in total. The van der Waals surface area contributed by atoms with Gasteiger partial charge in [0, 0.05) is 38.2 Å². The third-order valence-corrected chi connectivity index (χ3v) is 5.25. The first-order valence-corrected chi connectivity index (χ1v) is 9.81. The van der Waals surface area contributed by atoms with Crippen molar-refractivity contribution >= 4 is 40.6 Å². The van der Waals surface area contributed by atoms with E-state index in [2.05, 4.69) is 25.3 Å². The summed E-state index contributed by atoms with van der Waals surface area (Å²) in [6, 6.07) is 0. The SMILES string of the molecule is CN(Cc1ncc[nH]1)c1ncc(S(C)(=O)=O)c(C2CCCNC2)n1.Cl.Cl. The van der Waals surface area contributed by atoms with Crippen molar-refractivity contribution in [1.82, 2.24) is 25.3 Å². The van der Waals surface area contributed by atoms with E-state index in [-0.39, 0.29) is 35.6 Å². The van der Waals surface area contributed by atoms with Crippen LogP contribution < -0.4 is 10.2 Å². The van der Waals surface area contributed by atoms with E-state index in [1.54, 1.807) is 12.4 Å². The van der Waals surface area contributed by atoms with E-state index in [1.165, 1.54) is 12.5 Å². The van der Waals surface area contributed by atoms with E-state index in [0.29, 0.717) is 18.2 Å². The molecule has 0 aromatic carbocycles. The van der Waals surface area contributed by atoms with Crippen LogP contribution in [0.1, 0.15) is 30.3 Å². The van der Waals surface area contributed by atoms with Crippen LogP contribution in [0.3, 0.4) is 0 Å². The van der Waals surface area contributed by atoms with Crippen LogP contribution in [0.2, 0.25) is 0 Å². The Bertz CT molecular complexity index is 794. The Morgan fingerprint density at radius 3 is 2.65 bits per heavy atom. The van der Waals surface area contributed by atoms with Gasteiger partial charge in [0.2, 0.25) is 5.95 Å². The highest BCUT2D eigenvalue weighted by Gasteiger charge is 2.26. The summed E-state index contributed by atoms with van der Waals surface area (Å²) in [5, 5.41) is 3.31. The van der Waals surface area contributed by atoms with Gasteiger partial charge in [-0.15, -0.1) is 24.8 Å². The predicted octanol–water partition coefficient (Wildman–Crippen LogP) is 1.55. The van der Waals surface area contributed by atoms with Crippen molar-refractivity contribution in [3.63, 3.8) is 0 Å². The fraction of sp³-hybridized carbons (Fsp3) is 0.533. The molecular weight excluding hydrogens is 399 g/mol. The van der Waals surface area contributed by atoms with Gasteiger partial charge in [-0.2, -0.15) is 0 Å². The van der Waals surface area contributed by atoms with E-state index in [0.717, 1.165) is 31.8 Å². The third-order valence-electron chi connectivity index (χ3n) is 4.14. The molecule has 2 aromatic heterocycles. The molecule has 1 atom stereocenters. The molecule has 0 saturated carbocycles. The van der Waals surface area contributed by atoms with Gasteiger partial charge in [-0.25, -0.2) is 23.4 Å². The maximum atomic E-state index is 12.1. The van der Waals surface area contributed by atoms with E-state index in [1.807, 2.05) is 11.9 Å². The molecule has 0 bridgehead atoms. The van der Waals surface area contributed by atoms with Crippen molar-refractivity contribution < 1.29 is 8.42 Å². The molecule has 0 amide bonds. The van der Waals surface area contributed by atoms with Crippen LogP contribution in [-0.4, -0.2) is 54.7 Å². The van der Waals surface area contributed by atoms with Gasteiger partial charge in [0.1, 0.15) is 10.7 Å². The first kappa shape index (κ1) is 22.6. The zero-order chi connectivity index (χ0) is 17.2. The molecular formula is C15H24Cl2N6O2S. The molecule has 3 heterocycles. The quantitative estimate of drug-likeness (QED) is 0.752. The highest BCUT2D eigenvalue weighted by molar-refractivity contribution is 7.90. The summed E-state index contributed by atoms with van der Waals surface area (Å²) in [7, 11) is -1.50.